The van der Waals surface area contributed by atoms with Crippen LogP contribution in [0, 0.1) is 11.8 Å². The first-order valence-corrected chi connectivity index (χ1v) is 10.9. The van der Waals surface area contributed by atoms with Crippen molar-refractivity contribution in [1.29, 1.82) is 0 Å². The zero-order valence-electron chi connectivity index (χ0n) is 18.1. The Balaban J connectivity index is 1.83. The first kappa shape index (κ1) is 20.9. The molecule has 0 unspecified atom stereocenters. The van der Waals surface area contributed by atoms with Crippen LogP contribution >= 0.6 is 0 Å². The molecule has 156 valence electrons. The van der Waals surface area contributed by atoms with Gasteiger partial charge in [-0.25, -0.2) is 4.79 Å². The van der Waals surface area contributed by atoms with Crippen molar-refractivity contribution in [3.05, 3.63) is 0 Å². The average molecular weight is 382 g/mol. The van der Waals surface area contributed by atoms with E-state index in [1.807, 2.05) is 39.5 Å². The molecule has 0 spiro atoms. The van der Waals surface area contributed by atoms with Crippen LogP contribution in [0.15, 0.2) is 0 Å². The van der Waals surface area contributed by atoms with Gasteiger partial charge in [0.05, 0.1) is 12.1 Å². The van der Waals surface area contributed by atoms with Crippen LogP contribution in [0.25, 0.3) is 0 Å². The van der Waals surface area contributed by atoms with Crippen LogP contribution in [0.1, 0.15) is 86.5 Å². The third kappa shape index (κ3) is 4.97. The van der Waals surface area contributed by atoms with E-state index in [9.17, 15) is 4.79 Å². The molecule has 2 aliphatic heterocycles. The molecule has 27 heavy (non-hydrogen) atoms. The predicted octanol–water partition coefficient (Wildman–Crippen LogP) is 5.12. The number of carbonyl (C=O) groups excluding carboxylic acids is 1. The van der Waals surface area contributed by atoms with E-state index in [0.717, 1.165) is 19.4 Å². The van der Waals surface area contributed by atoms with Gasteiger partial charge in [0.2, 0.25) is 0 Å². The van der Waals surface area contributed by atoms with Crippen LogP contribution in [0.2, 0.25) is 0 Å². The van der Waals surface area contributed by atoms with Gasteiger partial charge in [0, 0.05) is 6.61 Å². The SMILES string of the molecule is C[C@@H]1CO[C@H]([C@@H]2OC(C)(C)N(C(=O)OC(C)(C)C)[C@H]2CC2CCCCC2)C1. The van der Waals surface area contributed by atoms with E-state index in [-0.39, 0.29) is 24.3 Å². The van der Waals surface area contributed by atoms with Gasteiger partial charge in [0.15, 0.2) is 0 Å². The van der Waals surface area contributed by atoms with Crippen LogP contribution in [-0.2, 0) is 14.2 Å². The molecule has 0 aromatic carbocycles. The molecule has 1 amide bonds. The molecule has 2 saturated heterocycles. The maximum absolute atomic E-state index is 13.1. The molecule has 3 fully saturated rings. The third-order valence-electron chi connectivity index (χ3n) is 6.20. The predicted molar refractivity (Wildman–Crippen MR) is 106 cm³/mol. The number of ether oxygens (including phenoxy) is 3. The maximum atomic E-state index is 13.1. The van der Waals surface area contributed by atoms with E-state index in [0.29, 0.717) is 11.8 Å². The van der Waals surface area contributed by atoms with Crippen LogP contribution in [0.4, 0.5) is 4.79 Å². The second-order valence-electron chi connectivity index (χ2n) is 10.4. The molecule has 5 heteroatoms. The Kier molecular flexibility index (Phi) is 6.12. The molecular formula is C22H39NO4. The zero-order chi connectivity index (χ0) is 19.8. The van der Waals surface area contributed by atoms with E-state index in [4.69, 9.17) is 14.2 Å². The Bertz CT molecular complexity index is 521. The van der Waals surface area contributed by atoms with Crippen LogP contribution < -0.4 is 0 Å². The minimum atomic E-state index is -0.679. The largest absolute Gasteiger partial charge is 0.444 e. The molecule has 0 bridgehead atoms. The van der Waals surface area contributed by atoms with E-state index in [1.54, 1.807) is 0 Å². The van der Waals surface area contributed by atoms with Gasteiger partial charge >= 0.3 is 6.09 Å². The Morgan fingerprint density at radius 2 is 1.85 bits per heavy atom. The lowest BCUT2D eigenvalue weighted by Gasteiger charge is -2.37. The van der Waals surface area contributed by atoms with Gasteiger partial charge in [0.1, 0.15) is 17.4 Å². The summed E-state index contributed by atoms with van der Waals surface area (Å²) >= 11 is 0. The van der Waals surface area contributed by atoms with Crippen molar-refractivity contribution in [2.75, 3.05) is 6.61 Å². The molecule has 0 aromatic rings. The lowest BCUT2D eigenvalue weighted by molar-refractivity contribution is -0.106. The highest BCUT2D eigenvalue weighted by Crippen LogP contribution is 2.42. The van der Waals surface area contributed by atoms with Crippen molar-refractivity contribution in [2.45, 2.75) is 116 Å². The van der Waals surface area contributed by atoms with Crippen molar-refractivity contribution in [3.63, 3.8) is 0 Å². The van der Waals surface area contributed by atoms with E-state index in [2.05, 4.69) is 6.92 Å². The molecule has 5 nitrogen and oxygen atoms in total. The van der Waals surface area contributed by atoms with Crippen LogP contribution in [0.5, 0.6) is 0 Å². The van der Waals surface area contributed by atoms with Crippen molar-refractivity contribution in [2.24, 2.45) is 11.8 Å². The lowest BCUT2D eigenvalue weighted by Crippen LogP contribution is -2.51. The highest BCUT2D eigenvalue weighted by molar-refractivity contribution is 5.70. The van der Waals surface area contributed by atoms with Gasteiger partial charge in [-0.2, -0.15) is 0 Å². The summed E-state index contributed by atoms with van der Waals surface area (Å²) in [5, 5.41) is 0. The first-order valence-electron chi connectivity index (χ1n) is 10.9. The number of carbonyl (C=O) groups is 1. The quantitative estimate of drug-likeness (QED) is 0.680. The molecule has 4 atom stereocenters. The van der Waals surface area contributed by atoms with Crippen molar-refractivity contribution in [3.8, 4) is 0 Å². The number of hydrogen-bond acceptors (Lipinski definition) is 4. The summed E-state index contributed by atoms with van der Waals surface area (Å²) in [7, 11) is 0. The van der Waals surface area contributed by atoms with E-state index < -0.39 is 11.3 Å². The zero-order valence-corrected chi connectivity index (χ0v) is 18.1. The first-order chi connectivity index (χ1) is 12.6. The summed E-state index contributed by atoms with van der Waals surface area (Å²) in [5.74, 6) is 1.21. The van der Waals surface area contributed by atoms with Gasteiger partial charge in [-0.05, 0) is 59.3 Å². The summed E-state index contributed by atoms with van der Waals surface area (Å²) < 4.78 is 18.3. The second kappa shape index (κ2) is 7.90. The van der Waals surface area contributed by atoms with Gasteiger partial charge in [-0.15, -0.1) is 0 Å². The second-order valence-corrected chi connectivity index (χ2v) is 10.4. The topological polar surface area (TPSA) is 48.0 Å². The number of amides is 1. The smallest absolute Gasteiger partial charge is 0.412 e. The van der Waals surface area contributed by atoms with Crippen LogP contribution in [0.3, 0.4) is 0 Å². The molecular weight excluding hydrogens is 342 g/mol. The molecule has 2 heterocycles. The number of nitrogens with zero attached hydrogens (tertiary/aromatic N) is 1. The highest BCUT2D eigenvalue weighted by Gasteiger charge is 2.54. The highest BCUT2D eigenvalue weighted by atomic mass is 16.6. The fourth-order valence-corrected chi connectivity index (χ4v) is 5.06. The minimum Gasteiger partial charge on any atom is -0.444 e. The summed E-state index contributed by atoms with van der Waals surface area (Å²) in [4.78, 5) is 15.0. The Morgan fingerprint density at radius 3 is 2.41 bits per heavy atom. The molecule has 3 aliphatic rings. The molecule has 1 saturated carbocycles. The summed E-state index contributed by atoms with van der Waals surface area (Å²) in [6.07, 6.45) is 8.19. The fourth-order valence-electron chi connectivity index (χ4n) is 5.06. The van der Waals surface area contributed by atoms with Crippen LogP contribution in [-0.4, -0.2) is 47.2 Å². The molecule has 0 aromatic heterocycles. The maximum Gasteiger partial charge on any atom is 0.412 e. The van der Waals surface area contributed by atoms with Crippen molar-refractivity contribution < 1.29 is 19.0 Å². The Morgan fingerprint density at radius 1 is 1.19 bits per heavy atom. The van der Waals surface area contributed by atoms with Gasteiger partial charge in [-0.1, -0.05) is 39.0 Å². The van der Waals surface area contributed by atoms with Gasteiger partial charge in [-0.3, -0.25) is 4.90 Å². The van der Waals surface area contributed by atoms with E-state index >= 15 is 0 Å². The summed E-state index contributed by atoms with van der Waals surface area (Å²) in [6, 6.07) is 0.0215. The Labute approximate surface area is 165 Å². The Hall–Kier alpha value is -0.810. The van der Waals surface area contributed by atoms with Crippen molar-refractivity contribution >= 4 is 6.09 Å². The van der Waals surface area contributed by atoms with E-state index in [1.165, 1.54) is 32.1 Å². The standard InChI is InChI=1S/C22H39NO4/c1-15-12-18(25-14-15)19-17(13-16-10-8-7-9-11-16)23(22(5,6)26-19)20(24)27-21(2,3)4/h15-19H,7-14H2,1-6H3/t15-,17-,18-,19+/m0/s1. The van der Waals surface area contributed by atoms with Gasteiger partial charge < -0.3 is 14.2 Å². The van der Waals surface area contributed by atoms with Crippen molar-refractivity contribution in [1.82, 2.24) is 4.90 Å². The summed E-state index contributed by atoms with van der Waals surface area (Å²) in [5.41, 5.74) is -1.19. The molecule has 3 rings (SSSR count). The minimum absolute atomic E-state index is 0.0215. The fraction of sp³-hybridized carbons (Fsp3) is 0.955. The molecule has 0 radical (unpaired) electrons. The monoisotopic (exact) mass is 381 g/mol. The number of rotatable bonds is 3. The van der Waals surface area contributed by atoms with Gasteiger partial charge in [0.25, 0.3) is 0 Å². The summed E-state index contributed by atoms with van der Waals surface area (Å²) in [6.45, 7) is 12.8. The number of hydrogen-bond donors (Lipinski definition) is 0. The third-order valence-corrected chi connectivity index (χ3v) is 6.20. The molecule has 0 N–H and O–H groups in total. The normalized spacial score (nSPS) is 34.8. The lowest BCUT2D eigenvalue weighted by atomic mass is 9.82. The average Bonchev–Trinajstić information content (AvgIpc) is 3.07. The molecule has 1 aliphatic carbocycles.